The second-order valence-electron chi connectivity index (χ2n) is 12.8. The lowest BCUT2D eigenvalue weighted by Gasteiger charge is -2.34. The van der Waals surface area contributed by atoms with Crippen LogP contribution in [0, 0.1) is 29.6 Å². The van der Waals surface area contributed by atoms with E-state index in [9.17, 15) is 9.59 Å². The fourth-order valence-corrected chi connectivity index (χ4v) is 7.90. The highest BCUT2D eigenvalue weighted by molar-refractivity contribution is 5.97. The Kier molecular flexibility index (Phi) is 9.03. The molecule has 0 amide bonds. The fourth-order valence-electron chi connectivity index (χ4n) is 7.90. The molecule has 1 N–H and O–H groups in total. The molecule has 7 nitrogen and oxygen atoms in total. The van der Waals surface area contributed by atoms with Crippen molar-refractivity contribution in [3.8, 4) is 0 Å². The molecule has 0 radical (unpaired) electrons. The number of rotatable bonds is 8. The first-order valence-electron chi connectivity index (χ1n) is 15.3. The average molecular weight is 536 g/mol. The third kappa shape index (κ3) is 6.90. The van der Waals surface area contributed by atoms with Gasteiger partial charge >= 0.3 is 5.97 Å². The van der Waals surface area contributed by atoms with Gasteiger partial charge in [-0.3, -0.25) is 4.79 Å². The first-order chi connectivity index (χ1) is 18.9. The van der Waals surface area contributed by atoms with Crippen molar-refractivity contribution in [2.24, 2.45) is 34.7 Å². The maximum absolute atomic E-state index is 13.9. The van der Waals surface area contributed by atoms with Gasteiger partial charge in [0.05, 0.1) is 11.0 Å². The number of aromatic nitrogens is 2. The van der Waals surface area contributed by atoms with Crippen molar-refractivity contribution in [3.05, 3.63) is 40.3 Å². The Morgan fingerprint density at radius 3 is 2.46 bits per heavy atom. The van der Waals surface area contributed by atoms with Gasteiger partial charge in [-0.15, -0.1) is 0 Å². The number of aliphatic carboxylic acids is 1. The van der Waals surface area contributed by atoms with Crippen LogP contribution in [0.2, 0.25) is 0 Å². The summed E-state index contributed by atoms with van der Waals surface area (Å²) in [5.74, 6) is 2.87. The van der Waals surface area contributed by atoms with E-state index in [1.54, 1.807) is 6.92 Å². The number of fused-ring (bicyclic) bond motifs is 3. The van der Waals surface area contributed by atoms with E-state index in [4.69, 9.17) is 9.94 Å². The molecule has 5 rings (SSSR count). The molecular formula is C32H45N3O4. The van der Waals surface area contributed by atoms with Crippen LogP contribution in [-0.4, -0.2) is 32.9 Å². The number of nitrogens with zero attached hydrogens (tertiary/aromatic N) is 3. The maximum atomic E-state index is 13.9. The van der Waals surface area contributed by atoms with Gasteiger partial charge in [-0.2, -0.15) is 0 Å². The Labute approximate surface area is 232 Å². The number of benzene rings is 1. The number of carbonyl (C=O) groups is 1. The van der Waals surface area contributed by atoms with Crippen LogP contribution < -0.4 is 5.56 Å². The quantitative estimate of drug-likeness (QED) is 0.224. The van der Waals surface area contributed by atoms with Crippen molar-refractivity contribution < 1.29 is 14.7 Å². The van der Waals surface area contributed by atoms with Crippen molar-refractivity contribution in [1.82, 2.24) is 9.55 Å². The minimum absolute atomic E-state index is 0.105. The molecule has 1 aromatic carbocycles. The van der Waals surface area contributed by atoms with Gasteiger partial charge in [0.1, 0.15) is 5.71 Å². The molecule has 1 aromatic heterocycles. The molecule has 2 bridgehead atoms. The van der Waals surface area contributed by atoms with Crippen LogP contribution in [-0.2, 0) is 9.63 Å². The van der Waals surface area contributed by atoms with Crippen molar-refractivity contribution in [1.29, 1.82) is 0 Å². The van der Waals surface area contributed by atoms with E-state index in [0.717, 1.165) is 41.6 Å². The minimum atomic E-state index is -1.11. The fraction of sp³-hybridized carbons (Fsp3) is 0.688. The average Bonchev–Trinajstić information content (AvgIpc) is 3.20. The first-order valence-corrected chi connectivity index (χ1v) is 15.3. The summed E-state index contributed by atoms with van der Waals surface area (Å²) in [5.41, 5.74) is 1.98. The Morgan fingerprint density at radius 2 is 1.72 bits per heavy atom. The Balaban J connectivity index is 1.38. The Hall–Kier alpha value is -2.70. The van der Waals surface area contributed by atoms with Crippen molar-refractivity contribution in [2.75, 3.05) is 6.61 Å². The second kappa shape index (κ2) is 12.6. The molecule has 212 valence electrons. The topological polar surface area (TPSA) is 93.8 Å². The van der Waals surface area contributed by atoms with Gasteiger partial charge in [0.25, 0.3) is 5.56 Å². The van der Waals surface area contributed by atoms with Gasteiger partial charge < -0.3 is 14.5 Å². The molecule has 3 saturated carbocycles. The highest BCUT2D eigenvalue weighted by atomic mass is 16.6. The molecule has 3 aliphatic rings. The number of oxime groups is 1. The summed E-state index contributed by atoms with van der Waals surface area (Å²) in [6, 6.07) is 7.93. The molecule has 0 spiro atoms. The van der Waals surface area contributed by atoms with Crippen molar-refractivity contribution in [2.45, 2.75) is 103 Å². The third-order valence-electron chi connectivity index (χ3n) is 9.70. The van der Waals surface area contributed by atoms with Crippen LogP contribution >= 0.6 is 0 Å². The second-order valence-corrected chi connectivity index (χ2v) is 12.8. The predicted molar refractivity (Wildman–Crippen MR) is 154 cm³/mol. The number of para-hydroxylation sites is 2. The van der Waals surface area contributed by atoms with E-state index in [0.29, 0.717) is 17.5 Å². The van der Waals surface area contributed by atoms with Gasteiger partial charge in [0.15, 0.2) is 5.69 Å². The summed E-state index contributed by atoms with van der Waals surface area (Å²) in [6.45, 7) is 3.43. The van der Waals surface area contributed by atoms with E-state index < -0.39 is 12.6 Å². The summed E-state index contributed by atoms with van der Waals surface area (Å²) >= 11 is 0. The highest BCUT2D eigenvalue weighted by Crippen LogP contribution is 2.44. The normalized spacial score (nSPS) is 29.9. The third-order valence-corrected chi connectivity index (χ3v) is 9.70. The van der Waals surface area contributed by atoms with E-state index >= 15 is 0 Å². The first kappa shape index (κ1) is 27.9. The van der Waals surface area contributed by atoms with Gasteiger partial charge in [0.2, 0.25) is 6.61 Å². The molecule has 3 fully saturated rings. The molecule has 39 heavy (non-hydrogen) atoms. The summed E-state index contributed by atoms with van der Waals surface area (Å²) in [5, 5.41) is 12.8. The van der Waals surface area contributed by atoms with Crippen LogP contribution in [0.25, 0.3) is 11.0 Å². The lowest BCUT2D eigenvalue weighted by atomic mass is 9.72. The number of hydrogen-bond donors (Lipinski definition) is 1. The zero-order chi connectivity index (χ0) is 27.4. The van der Waals surface area contributed by atoms with Gasteiger partial charge in [-0.25, -0.2) is 9.78 Å². The molecule has 7 heteroatoms. The van der Waals surface area contributed by atoms with Crippen LogP contribution in [0.5, 0.6) is 0 Å². The molecule has 0 saturated heterocycles. The molecule has 1 heterocycles. The zero-order valence-electron chi connectivity index (χ0n) is 23.7. The van der Waals surface area contributed by atoms with E-state index in [2.05, 4.69) is 17.1 Å². The van der Waals surface area contributed by atoms with Crippen LogP contribution in [0.15, 0.2) is 34.2 Å². The van der Waals surface area contributed by atoms with E-state index in [-0.39, 0.29) is 17.3 Å². The largest absolute Gasteiger partial charge is 0.479 e. The summed E-state index contributed by atoms with van der Waals surface area (Å²) in [4.78, 5) is 34.4. The maximum Gasteiger partial charge on any atom is 0.344 e. The van der Waals surface area contributed by atoms with Crippen LogP contribution in [0.3, 0.4) is 0 Å². The predicted octanol–water partition coefficient (Wildman–Crippen LogP) is 6.98. The monoisotopic (exact) mass is 535 g/mol. The minimum Gasteiger partial charge on any atom is -0.479 e. The molecule has 2 aromatic rings. The zero-order valence-corrected chi connectivity index (χ0v) is 23.7. The standard InChI is InChI=1S/C32H45N3O4/c1-21-11-12-23(13-14-26-17-24-7-3-4-8-25(16-24)18-26)19-27(15-21)35-29-10-6-5-9-28(29)33-31(32(35)38)22(2)34-39-20-30(36)37/h5-6,9-10,21,23-27H,3-4,7-8,11-20H2,1-2H3,(H,36,37). The van der Waals surface area contributed by atoms with Crippen molar-refractivity contribution >= 4 is 22.7 Å². The molecule has 5 unspecified atom stereocenters. The van der Waals surface area contributed by atoms with Gasteiger partial charge in [0, 0.05) is 6.04 Å². The lowest BCUT2D eigenvalue weighted by Crippen LogP contribution is -2.32. The molecule has 3 aliphatic carbocycles. The number of carboxylic acids is 1. The van der Waals surface area contributed by atoms with E-state index in [1.165, 1.54) is 70.6 Å². The van der Waals surface area contributed by atoms with E-state index in [1.807, 2.05) is 28.8 Å². The summed E-state index contributed by atoms with van der Waals surface area (Å²) in [7, 11) is 0. The highest BCUT2D eigenvalue weighted by Gasteiger charge is 2.32. The summed E-state index contributed by atoms with van der Waals surface area (Å²) in [6.07, 6.45) is 17.1. The van der Waals surface area contributed by atoms with Crippen LogP contribution in [0.1, 0.15) is 109 Å². The van der Waals surface area contributed by atoms with Crippen LogP contribution in [0.4, 0.5) is 0 Å². The molecule has 5 atom stereocenters. The number of carboxylic acid groups (broad SMARTS) is 1. The van der Waals surface area contributed by atoms with Gasteiger partial charge in [-0.1, -0.05) is 75.6 Å². The van der Waals surface area contributed by atoms with Gasteiger partial charge in [-0.05, 0) is 80.8 Å². The smallest absolute Gasteiger partial charge is 0.344 e. The Morgan fingerprint density at radius 1 is 1.00 bits per heavy atom. The number of hydrogen-bond acceptors (Lipinski definition) is 5. The molecular weight excluding hydrogens is 490 g/mol. The lowest BCUT2D eigenvalue weighted by molar-refractivity contribution is -0.142. The summed E-state index contributed by atoms with van der Waals surface area (Å²) < 4.78 is 1.97. The SMILES string of the molecule is CC(=NOCC(=O)O)c1nc2ccccc2n(C2CC(C)CCC(CCC3CC4CCCCC(C4)C3)C2)c1=O. The van der Waals surface area contributed by atoms with Crippen molar-refractivity contribution in [3.63, 3.8) is 0 Å². The Bertz CT molecular complexity index is 1220. The molecule has 0 aliphatic heterocycles.